The Morgan fingerprint density at radius 2 is 2.12 bits per heavy atom. The van der Waals surface area contributed by atoms with Crippen LogP contribution in [0.2, 0.25) is 5.15 Å². The molecular formula is C11H8BrClN4. The van der Waals surface area contributed by atoms with E-state index in [1.54, 1.807) is 18.3 Å². The minimum Gasteiger partial charge on any atom is -0.260 e. The van der Waals surface area contributed by atoms with E-state index in [2.05, 4.69) is 36.7 Å². The zero-order chi connectivity index (χ0) is 12.1. The number of hydrazone groups is 1. The van der Waals surface area contributed by atoms with E-state index in [0.29, 0.717) is 11.0 Å². The molecule has 0 saturated carbocycles. The smallest absolute Gasteiger partial charge is 0.168 e. The minimum absolute atomic E-state index is 0.353. The van der Waals surface area contributed by atoms with E-state index < -0.39 is 0 Å². The topological polar surface area (TPSA) is 50.2 Å². The molecular weight excluding hydrogens is 304 g/mol. The molecule has 0 unspecified atom stereocenters. The molecule has 0 aliphatic heterocycles. The molecule has 1 aromatic carbocycles. The van der Waals surface area contributed by atoms with Gasteiger partial charge in [0, 0.05) is 4.47 Å². The number of nitrogens with zero attached hydrogens (tertiary/aromatic N) is 3. The molecule has 17 heavy (non-hydrogen) atoms. The summed E-state index contributed by atoms with van der Waals surface area (Å²) in [7, 11) is 0. The second kappa shape index (κ2) is 5.75. The van der Waals surface area contributed by atoms with E-state index in [0.717, 1.165) is 10.0 Å². The van der Waals surface area contributed by atoms with Gasteiger partial charge in [-0.1, -0.05) is 39.7 Å². The van der Waals surface area contributed by atoms with Crippen molar-refractivity contribution in [3.05, 3.63) is 51.6 Å². The summed E-state index contributed by atoms with van der Waals surface area (Å²) in [5.41, 5.74) is 3.74. The van der Waals surface area contributed by atoms with E-state index >= 15 is 0 Å². The van der Waals surface area contributed by atoms with Crippen LogP contribution in [0.5, 0.6) is 0 Å². The molecule has 1 aromatic heterocycles. The van der Waals surface area contributed by atoms with Gasteiger partial charge in [0.25, 0.3) is 0 Å². The highest BCUT2D eigenvalue weighted by Gasteiger charge is 1.93. The first-order valence-corrected chi connectivity index (χ1v) is 5.95. The zero-order valence-corrected chi connectivity index (χ0v) is 11.0. The van der Waals surface area contributed by atoms with Crippen LogP contribution in [0.3, 0.4) is 0 Å². The third kappa shape index (κ3) is 3.80. The number of hydrogen-bond acceptors (Lipinski definition) is 4. The van der Waals surface area contributed by atoms with Crippen molar-refractivity contribution in [1.82, 2.24) is 10.2 Å². The van der Waals surface area contributed by atoms with Gasteiger partial charge in [-0.25, -0.2) is 0 Å². The molecule has 0 amide bonds. The maximum atomic E-state index is 5.61. The van der Waals surface area contributed by atoms with Crippen molar-refractivity contribution in [2.75, 3.05) is 5.43 Å². The fourth-order valence-corrected chi connectivity index (χ4v) is 1.65. The van der Waals surface area contributed by atoms with E-state index in [9.17, 15) is 0 Å². The van der Waals surface area contributed by atoms with Gasteiger partial charge >= 0.3 is 0 Å². The second-order valence-corrected chi connectivity index (χ2v) is 4.47. The molecule has 2 aromatic rings. The minimum atomic E-state index is 0.353. The molecule has 0 radical (unpaired) electrons. The Hall–Kier alpha value is -1.46. The number of halogens is 2. The van der Waals surface area contributed by atoms with Crippen molar-refractivity contribution < 1.29 is 0 Å². The Labute approximate surface area is 112 Å². The molecule has 0 fully saturated rings. The van der Waals surface area contributed by atoms with Gasteiger partial charge in [-0.15, -0.1) is 10.2 Å². The van der Waals surface area contributed by atoms with Crippen molar-refractivity contribution >= 4 is 39.6 Å². The number of benzene rings is 1. The predicted molar refractivity (Wildman–Crippen MR) is 72.4 cm³/mol. The Balaban J connectivity index is 2.00. The maximum Gasteiger partial charge on any atom is 0.168 e. The summed E-state index contributed by atoms with van der Waals surface area (Å²) in [5.74, 6) is 0.542. The largest absolute Gasteiger partial charge is 0.260 e. The van der Waals surface area contributed by atoms with E-state index in [4.69, 9.17) is 11.6 Å². The van der Waals surface area contributed by atoms with Crippen LogP contribution in [0, 0.1) is 0 Å². The fourth-order valence-electron chi connectivity index (χ4n) is 1.14. The summed E-state index contributed by atoms with van der Waals surface area (Å²) in [6, 6.07) is 11.1. The normalized spacial score (nSPS) is 10.7. The van der Waals surface area contributed by atoms with Crippen LogP contribution in [0.25, 0.3) is 0 Å². The quantitative estimate of drug-likeness (QED) is 0.698. The van der Waals surface area contributed by atoms with Crippen LogP contribution in [0.1, 0.15) is 5.56 Å². The Bertz CT molecular complexity index is 527. The lowest BCUT2D eigenvalue weighted by atomic mass is 10.2. The molecule has 4 nitrogen and oxygen atoms in total. The monoisotopic (exact) mass is 310 g/mol. The maximum absolute atomic E-state index is 5.61. The Morgan fingerprint density at radius 1 is 1.24 bits per heavy atom. The third-order valence-corrected chi connectivity index (χ3v) is 2.57. The molecule has 0 spiro atoms. The molecule has 0 saturated heterocycles. The Kier molecular flexibility index (Phi) is 4.06. The lowest BCUT2D eigenvalue weighted by Gasteiger charge is -1.97. The predicted octanol–water partition coefficient (Wildman–Crippen LogP) is 3.34. The number of anilines is 1. The van der Waals surface area contributed by atoms with Gasteiger partial charge in [-0.05, 0) is 29.8 Å². The van der Waals surface area contributed by atoms with Crippen LogP contribution in [0.4, 0.5) is 5.82 Å². The lowest BCUT2D eigenvalue weighted by Crippen LogP contribution is -1.94. The summed E-state index contributed by atoms with van der Waals surface area (Å²) < 4.78 is 1.01. The summed E-state index contributed by atoms with van der Waals surface area (Å²) in [4.78, 5) is 0. The SMILES string of the molecule is Clc1ccc(N/N=C\c2cccc(Br)c2)nn1. The molecule has 86 valence electrons. The van der Waals surface area contributed by atoms with Gasteiger partial charge in [0.1, 0.15) is 0 Å². The van der Waals surface area contributed by atoms with Crippen LogP contribution in [0.15, 0.2) is 46.0 Å². The highest BCUT2D eigenvalue weighted by Crippen LogP contribution is 2.10. The average Bonchev–Trinajstić information content (AvgIpc) is 2.32. The van der Waals surface area contributed by atoms with Crippen LogP contribution in [-0.2, 0) is 0 Å². The van der Waals surface area contributed by atoms with E-state index in [1.165, 1.54) is 0 Å². The number of hydrogen-bond donors (Lipinski definition) is 1. The molecule has 1 heterocycles. The Morgan fingerprint density at radius 3 is 2.82 bits per heavy atom. The van der Waals surface area contributed by atoms with Gasteiger partial charge < -0.3 is 0 Å². The van der Waals surface area contributed by atoms with Gasteiger partial charge in [0.05, 0.1) is 6.21 Å². The highest BCUT2D eigenvalue weighted by molar-refractivity contribution is 9.10. The number of rotatable bonds is 3. The zero-order valence-electron chi connectivity index (χ0n) is 8.64. The first-order valence-electron chi connectivity index (χ1n) is 4.78. The van der Waals surface area contributed by atoms with Gasteiger partial charge in [0.2, 0.25) is 0 Å². The second-order valence-electron chi connectivity index (χ2n) is 3.17. The summed E-state index contributed by atoms with van der Waals surface area (Å²) >= 11 is 9.00. The molecule has 6 heteroatoms. The van der Waals surface area contributed by atoms with Crippen LogP contribution < -0.4 is 5.43 Å². The molecule has 0 aliphatic carbocycles. The van der Waals surface area contributed by atoms with Crippen molar-refractivity contribution in [2.45, 2.75) is 0 Å². The third-order valence-electron chi connectivity index (χ3n) is 1.87. The van der Waals surface area contributed by atoms with Crippen LogP contribution in [-0.4, -0.2) is 16.4 Å². The first-order chi connectivity index (χ1) is 8.24. The van der Waals surface area contributed by atoms with Crippen molar-refractivity contribution in [3.63, 3.8) is 0 Å². The van der Waals surface area contributed by atoms with Gasteiger partial charge in [0.15, 0.2) is 11.0 Å². The molecule has 0 bridgehead atoms. The lowest BCUT2D eigenvalue weighted by molar-refractivity contribution is 1.02. The number of nitrogens with one attached hydrogen (secondary N) is 1. The van der Waals surface area contributed by atoms with E-state index in [-0.39, 0.29) is 0 Å². The summed E-state index contributed by atoms with van der Waals surface area (Å²) in [5, 5.41) is 11.9. The summed E-state index contributed by atoms with van der Waals surface area (Å²) in [6.45, 7) is 0. The first kappa shape index (κ1) is 12.0. The molecule has 0 aliphatic rings. The highest BCUT2D eigenvalue weighted by atomic mass is 79.9. The molecule has 0 atom stereocenters. The fraction of sp³-hybridized carbons (Fsp3) is 0. The van der Waals surface area contributed by atoms with Crippen molar-refractivity contribution in [3.8, 4) is 0 Å². The standard InChI is InChI=1S/C11H8BrClN4/c12-9-3-1-2-8(6-9)7-14-16-11-5-4-10(13)15-17-11/h1-7H,(H,16,17)/b14-7-. The average molecular weight is 312 g/mol. The van der Waals surface area contributed by atoms with Gasteiger partial charge in [-0.3, -0.25) is 5.43 Å². The molecule has 1 N–H and O–H groups in total. The van der Waals surface area contributed by atoms with Crippen molar-refractivity contribution in [1.29, 1.82) is 0 Å². The number of aromatic nitrogens is 2. The van der Waals surface area contributed by atoms with Gasteiger partial charge in [-0.2, -0.15) is 5.10 Å². The van der Waals surface area contributed by atoms with Crippen molar-refractivity contribution in [2.24, 2.45) is 5.10 Å². The summed E-state index contributed by atoms with van der Waals surface area (Å²) in [6.07, 6.45) is 1.70. The van der Waals surface area contributed by atoms with Crippen LogP contribution >= 0.6 is 27.5 Å². The molecule has 2 rings (SSSR count). The van der Waals surface area contributed by atoms with E-state index in [1.807, 2.05) is 24.3 Å².